The Morgan fingerprint density at radius 2 is 1.79 bits per heavy atom. The molecule has 2 rings (SSSR count). The zero-order valence-corrected chi connectivity index (χ0v) is 11.7. The third kappa shape index (κ3) is 4.66. The minimum absolute atomic E-state index is 0.245. The normalized spacial score (nSPS) is 11.4. The van der Waals surface area contributed by atoms with Crippen LogP contribution in [0.2, 0.25) is 0 Å². The van der Waals surface area contributed by atoms with Crippen LogP contribution >= 0.6 is 22.6 Å². The van der Waals surface area contributed by atoms with Crippen molar-refractivity contribution in [3.05, 3.63) is 45.9 Å². The van der Waals surface area contributed by atoms with E-state index in [0.717, 1.165) is 9.53 Å². The van der Waals surface area contributed by atoms with Crippen LogP contribution < -0.4 is 10.1 Å². The molecule has 1 aromatic carbocycles. The van der Waals surface area contributed by atoms with Crippen molar-refractivity contribution in [3.63, 3.8) is 0 Å². The summed E-state index contributed by atoms with van der Waals surface area (Å²) >= 11 is 2.05. The smallest absolute Gasteiger partial charge is 0.454 e. The van der Waals surface area contributed by atoms with Crippen molar-refractivity contribution in [2.24, 2.45) is 0 Å². The lowest BCUT2D eigenvalue weighted by atomic mass is 10.3. The van der Waals surface area contributed by atoms with Gasteiger partial charge in [-0.25, -0.2) is 0 Å². The zero-order chi connectivity index (χ0) is 13.9. The second-order valence-electron chi connectivity index (χ2n) is 3.63. The van der Waals surface area contributed by atoms with E-state index in [0.29, 0.717) is 12.2 Å². The molecular weight excluding hydrogens is 374 g/mol. The van der Waals surface area contributed by atoms with Gasteiger partial charge < -0.3 is 14.5 Å². The van der Waals surface area contributed by atoms with Gasteiger partial charge in [0.25, 0.3) is 0 Å². The standard InChI is InChI=1S/C12H9F3INO2/c13-12(14,15)19-9-3-1-8(2-4-9)17-7-10-5-6-11(16)18-10/h1-6,17H,7H2. The first-order valence-electron chi connectivity index (χ1n) is 5.26. The van der Waals surface area contributed by atoms with Crippen LogP contribution in [0.1, 0.15) is 5.76 Å². The molecule has 1 aromatic heterocycles. The summed E-state index contributed by atoms with van der Waals surface area (Å²) in [6.45, 7) is 0.461. The Balaban J connectivity index is 1.91. The number of halogens is 4. The second kappa shape index (κ2) is 5.72. The number of hydrogen-bond acceptors (Lipinski definition) is 3. The Morgan fingerprint density at radius 1 is 1.11 bits per heavy atom. The molecule has 19 heavy (non-hydrogen) atoms. The summed E-state index contributed by atoms with van der Waals surface area (Å²) in [6, 6.07) is 9.18. The van der Waals surface area contributed by atoms with E-state index >= 15 is 0 Å². The highest BCUT2D eigenvalue weighted by molar-refractivity contribution is 14.1. The molecule has 0 aliphatic carbocycles. The lowest BCUT2D eigenvalue weighted by Gasteiger charge is -2.09. The number of anilines is 1. The van der Waals surface area contributed by atoms with Crippen molar-refractivity contribution in [1.29, 1.82) is 0 Å². The van der Waals surface area contributed by atoms with Crippen LogP contribution in [0, 0.1) is 3.77 Å². The summed E-state index contributed by atoms with van der Waals surface area (Å²) in [4.78, 5) is 0. The largest absolute Gasteiger partial charge is 0.573 e. The molecule has 3 nitrogen and oxygen atoms in total. The van der Waals surface area contributed by atoms with Gasteiger partial charge in [-0.15, -0.1) is 13.2 Å². The second-order valence-corrected chi connectivity index (χ2v) is 4.69. The van der Waals surface area contributed by atoms with E-state index in [1.54, 1.807) is 0 Å². The van der Waals surface area contributed by atoms with E-state index < -0.39 is 6.36 Å². The van der Waals surface area contributed by atoms with Crippen LogP contribution in [0.3, 0.4) is 0 Å². The third-order valence-electron chi connectivity index (χ3n) is 2.18. The first kappa shape index (κ1) is 14.0. The van der Waals surface area contributed by atoms with E-state index in [4.69, 9.17) is 4.42 Å². The number of rotatable bonds is 4. The fourth-order valence-electron chi connectivity index (χ4n) is 1.41. The van der Waals surface area contributed by atoms with Gasteiger partial charge in [-0.05, 0) is 59.0 Å². The molecule has 0 aliphatic heterocycles. The monoisotopic (exact) mass is 383 g/mol. The first-order valence-corrected chi connectivity index (χ1v) is 6.34. The Bertz CT molecular complexity index is 537. The number of hydrogen-bond donors (Lipinski definition) is 1. The summed E-state index contributed by atoms with van der Waals surface area (Å²) in [7, 11) is 0. The third-order valence-corrected chi connectivity index (χ3v) is 2.76. The Labute approximate surface area is 120 Å². The molecule has 0 saturated carbocycles. The maximum absolute atomic E-state index is 12.0. The fourth-order valence-corrected chi connectivity index (χ4v) is 1.87. The molecule has 0 bridgehead atoms. The minimum atomic E-state index is -4.67. The van der Waals surface area contributed by atoms with Crippen LogP contribution in [-0.4, -0.2) is 6.36 Å². The molecule has 0 aliphatic rings. The van der Waals surface area contributed by atoms with Gasteiger partial charge in [-0.2, -0.15) is 0 Å². The lowest BCUT2D eigenvalue weighted by molar-refractivity contribution is -0.274. The summed E-state index contributed by atoms with van der Waals surface area (Å²) in [5.74, 6) is 0.505. The van der Waals surface area contributed by atoms with E-state index in [2.05, 4.69) is 32.6 Å². The van der Waals surface area contributed by atoms with Crippen LogP contribution in [0.4, 0.5) is 18.9 Å². The predicted octanol–water partition coefficient (Wildman–Crippen LogP) is 4.39. The van der Waals surface area contributed by atoms with Crippen LogP contribution in [-0.2, 0) is 6.54 Å². The van der Waals surface area contributed by atoms with Gasteiger partial charge in [-0.1, -0.05) is 0 Å². The highest BCUT2D eigenvalue weighted by Crippen LogP contribution is 2.24. The SMILES string of the molecule is FC(F)(F)Oc1ccc(NCc2ccc(I)o2)cc1. The van der Waals surface area contributed by atoms with Gasteiger partial charge in [0, 0.05) is 5.69 Å². The molecule has 0 spiro atoms. The summed E-state index contributed by atoms with van der Waals surface area (Å²) in [5, 5.41) is 3.03. The summed E-state index contributed by atoms with van der Waals surface area (Å²) in [5.41, 5.74) is 0.681. The average molecular weight is 383 g/mol. The number of furan rings is 1. The van der Waals surface area contributed by atoms with Gasteiger partial charge in [-0.3, -0.25) is 0 Å². The summed E-state index contributed by atoms with van der Waals surface area (Å²) in [6.07, 6.45) is -4.67. The van der Waals surface area contributed by atoms with Gasteiger partial charge >= 0.3 is 6.36 Å². The van der Waals surface area contributed by atoms with Gasteiger partial charge in [0.1, 0.15) is 11.5 Å². The topological polar surface area (TPSA) is 34.4 Å². The lowest BCUT2D eigenvalue weighted by Crippen LogP contribution is -2.17. The van der Waals surface area contributed by atoms with Crippen molar-refractivity contribution in [2.45, 2.75) is 12.9 Å². The summed E-state index contributed by atoms with van der Waals surface area (Å²) < 4.78 is 45.8. The molecule has 0 atom stereocenters. The van der Waals surface area contributed by atoms with E-state index in [1.807, 2.05) is 12.1 Å². The van der Waals surface area contributed by atoms with Gasteiger partial charge in [0.2, 0.25) is 0 Å². The van der Waals surface area contributed by atoms with E-state index in [-0.39, 0.29) is 5.75 Å². The number of alkyl halides is 3. The van der Waals surface area contributed by atoms with Crippen molar-refractivity contribution >= 4 is 28.3 Å². The fraction of sp³-hybridized carbons (Fsp3) is 0.167. The maximum Gasteiger partial charge on any atom is 0.573 e. The van der Waals surface area contributed by atoms with Crippen molar-refractivity contribution < 1.29 is 22.3 Å². The van der Waals surface area contributed by atoms with Crippen molar-refractivity contribution in [1.82, 2.24) is 0 Å². The molecule has 1 heterocycles. The Kier molecular flexibility index (Phi) is 4.23. The minimum Gasteiger partial charge on any atom is -0.454 e. The molecule has 2 aromatic rings. The predicted molar refractivity (Wildman–Crippen MR) is 71.9 cm³/mol. The number of nitrogens with one attached hydrogen (secondary N) is 1. The molecule has 1 N–H and O–H groups in total. The molecule has 0 saturated heterocycles. The van der Waals surface area contributed by atoms with Gasteiger partial charge in [0.05, 0.1) is 6.54 Å². The Hall–Kier alpha value is -1.38. The highest BCUT2D eigenvalue weighted by Gasteiger charge is 2.30. The molecule has 0 fully saturated rings. The quantitative estimate of drug-likeness (QED) is 0.796. The Morgan fingerprint density at radius 3 is 2.32 bits per heavy atom. The number of benzene rings is 1. The van der Waals surface area contributed by atoms with Crippen molar-refractivity contribution in [2.75, 3.05) is 5.32 Å². The molecule has 0 amide bonds. The van der Waals surface area contributed by atoms with Crippen LogP contribution in [0.25, 0.3) is 0 Å². The van der Waals surface area contributed by atoms with E-state index in [1.165, 1.54) is 24.3 Å². The van der Waals surface area contributed by atoms with Crippen molar-refractivity contribution in [3.8, 4) is 5.75 Å². The maximum atomic E-state index is 12.0. The average Bonchev–Trinajstić information content (AvgIpc) is 2.72. The van der Waals surface area contributed by atoms with Crippen LogP contribution in [0.5, 0.6) is 5.75 Å². The van der Waals surface area contributed by atoms with Gasteiger partial charge in [0.15, 0.2) is 3.77 Å². The molecule has 0 radical (unpaired) electrons. The zero-order valence-electron chi connectivity index (χ0n) is 9.50. The molecule has 102 valence electrons. The number of ether oxygens (including phenoxy) is 1. The molecular formula is C12H9F3INO2. The first-order chi connectivity index (χ1) is 8.92. The highest BCUT2D eigenvalue weighted by atomic mass is 127. The molecule has 7 heteroatoms. The van der Waals surface area contributed by atoms with Crippen LogP contribution in [0.15, 0.2) is 40.8 Å². The molecule has 0 unspecified atom stereocenters. The van der Waals surface area contributed by atoms with E-state index in [9.17, 15) is 13.2 Å².